The molecule has 2 aliphatic heterocycles. The predicted octanol–water partition coefficient (Wildman–Crippen LogP) is 3.12. The van der Waals surface area contributed by atoms with E-state index >= 15 is 0 Å². The van der Waals surface area contributed by atoms with Crippen molar-refractivity contribution in [3.8, 4) is 22.9 Å². The van der Waals surface area contributed by atoms with E-state index in [1.807, 2.05) is 25.2 Å². The molecule has 2 aliphatic rings. The van der Waals surface area contributed by atoms with E-state index in [9.17, 15) is 0 Å². The number of fused-ring (bicyclic) bond motifs is 2. The third-order valence-corrected chi connectivity index (χ3v) is 5.31. The maximum Gasteiger partial charge on any atom is 0.227 e. The summed E-state index contributed by atoms with van der Waals surface area (Å²) < 4.78 is 13.4. The van der Waals surface area contributed by atoms with Gasteiger partial charge in [0, 0.05) is 25.7 Å². The maximum absolute atomic E-state index is 5.71. The largest absolute Gasteiger partial charge is 0.486 e. The monoisotopic (exact) mass is 362 g/mol. The van der Waals surface area contributed by atoms with Crippen molar-refractivity contribution in [2.24, 2.45) is 7.05 Å². The Morgan fingerprint density at radius 3 is 2.67 bits per heavy atom. The molecule has 6 heteroatoms. The minimum Gasteiger partial charge on any atom is -0.486 e. The molecule has 0 saturated heterocycles. The highest BCUT2D eigenvalue weighted by Gasteiger charge is 2.23. The van der Waals surface area contributed by atoms with Gasteiger partial charge < -0.3 is 14.4 Å². The molecule has 0 radical (unpaired) electrons. The highest BCUT2D eigenvalue weighted by atomic mass is 16.6. The van der Waals surface area contributed by atoms with Gasteiger partial charge in [-0.2, -0.15) is 0 Å². The summed E-state index contributed by atoms with van der Waals surface area (Å²) in [5.41, 5.74) is 5.09. The van der Waals surface area contributed by atoms with Crippen LogP contribution in [0.15, 0.2) is 36.4 Å². The molecule has 1 aromatic heterocycles. The standard InChI is InChI=1S/C21H22N4O2/c1-14-3-4-15-7-8-25(13-17(15)11-14)21-23-22-20(24(21)2)16-5-6-18-19(12-16)27-10-9-26-18/h3-6,11-12H,7-10,13H2,1-2H3. The van der Waals surface area contributed by atoms with Crippen LogP contribution in [0.25, 0.3) is 11.4 Å². The Morgan fingerprint density at radius 2 is 1.78 bits per heavy atom. The molecule has 5 rings (SSSR count). The molecule has 0 bridgehead atoms. The van der Waals surface area contributed by atoms with Crippen molar-refractivity contribution in [2.45, 2.75) is 19.9 Å². The van der Waals surface area contributed by atoms with Crippen LogP contribution in [0.3, 0.4) is 0 Å². The van der Waals surface area contributed by atoms with Crippen molar-refractivity contribution in [3.05, 3.63) is 53.1 Å². The molecule has 6 nitrogen and oxygen atoms in total. The number of hydrogen-bond donors (Lipinski definition) is 0. The van der Waals surface area contributed by atoms with E-state index in [0.717, 1.165) is 48.3 Å². The first-order chi connectivity index (χ1) is 13.2. The molecule has 0 saturated carbocycles. The Hall–Kier alpha value is -3.02. The molecule has 3 heterocycles. The van der Waals surface area contributed by atoms with Gasteiger partial charge in [0.05, 0.1) is 0 Å². The summed E-state index contributed by atoms with van der Waals surface area (Å²) in [6, 6.07) is 12.7. The number of anilines is 1. The molecule has 2 aromatic carbocycles. The van der Waals surface area contributed by atoms with Crippen molar-refractivity contribution in [1.29, 1.82) is 0 Å². The van der Waals surface area contributed by atoms with Crippen LogP contribution in [0.2, 0.25) is 0 Å². The molecule has 0 amide bonds. The van der Waals surface area contributed by atoms with Gasteiger partial charge in [-0.1, -0.05) is 23.8 Å². The summed E-state index contributed by atoms with van der Waals surface area (Å²) >= 11 is 0. The zero-order chi connectivity index (χ0) is 18.4. The number of nitrogens with zero attached hydrogens (tertiary/aromatic N) is 4. The Balaban J connectivity index is 1.46. The number of rotatable bonds is 2. The molecule has 0 spiro atoms. The normalized spacial score (nSPS) is 15.6. The van der Waals surface area contributed by atoms with Gasteiger partial charge in [0.25, 0.3) is 0 Å². The fourth-order valence-corrected chi connectivity index (χ4v) is 3.89. The van der Waals surface area contributed by atoms with Crippen LogP contribution in [0.1, 0.15) is 16.7 Å². The Morgan fingerprint density at radius 1 is 0.926 bits per heavy atom. The van der Waals surface area contributed by atoms with Crippen LogP contribution in [0, 0.1) is 6.92 Å². The number of hydrogen-bond acceptors (Lipinski definition) is 5. The predicted molar refractivity (Wildman–Crippen MR) is 103 cm³/mol. The molecule has 0 atom stereocenters. The lowest BCUT2D eigenvalue weighted by Crippen LogP contribution is -2.32. The first-order valence-corrected chi connectivity index (χ1v) is 9.32. The Kier molecular flexibility index (Phi) is 3.77. The van der Waals surface area contributed by atoms with Gasteiger partial charge in [0.15, 0.2) is 17.3 Å². The fourth-order valence-electron chi connectivity index (χ4n) is 3.89. The van der Waals surface area contributed by atoms with E-state index in [4.69, 9.17) is 9.47 Å². The number of aromatic nitrogens is 3. The van der Waals surface area contributed by atoms with E-state index in [-0.39, 0.29) is 0 Å². The average Bonchev–Trinajstić information content (AvgIpc) is 3.08. The highest BCUT2D eigenvalue weighted by molar-refractivity contribution is 5.63. The van der Waals surface area contributed by atoms with Gasteiger partial charge in [-0.25, -0.2) is 0 Å². The zero-order valence-corrected chi connectivity index (χ0v) is 15.6. The maximum atomic E-state index is 5.71. The quantitative estimate of drug-likeness (QED) is 0.701. The zero-order valence-electron chi connectivity index (χ0n) is 15.6. The van der Waals surface area contributed by atoms with Crippen molar-refractivity contribution >= 4 is 5.95 Å². The lowest BCUT2D eigenvalue weighted by molar-refractivity contribution is 0.171. The second-order valence-electron chi connectivity index (χ2n) is 7.18. The molecule has 0 aliphatic carbocycles. The molecule has 3 aromatic rings. The van der Waals surface area contributed by atoms with Crippen molar-refractivity contribution in [3.63, 3.8) is 0 Å². The lowest BCUT2D eigenvalue weighted by Gasteiger charge is -2.29. The average molecular weight is 362 g/mol. The minimum absolute atomic E-state index is 0.577. The van der Waals surface area contributed by atoms with Gasteiger partial charge in [-0.15, -0.1) is 10.2 Å². The van der Waals surface area contributed by atoms with Crippen molar-refractivity contribution in [2.75, 3.05) is 24.7 Å². The summed E-state index contributed by atoms with van der Waals surface area (Å²) in [5, 5.41) is 8.95. The summed E-state index contributed by atoms with van der Waals surface area (Å²) in [6.07, 6.45) is 1.03. The van der Waals surface area contributed by atoms with Crippen LogP contribution in [-0.4, -0.2) is 34.5 Å². The minimum atomic E-state index is 0.577. The lowest BCUT2D eigenvalue weighted by atomic mass is 9.98. The van der Waals surface area contributed by atoms with E-state index in [0.29, 0.717) is 13.2 Å². The SMILES string of the molecule is Cc1ccc2c(c1)CN(c1nnc(-c3ccc4c(c3)OCCO4)n1C)CC2. The molecule has 0 N–H and O–H groups in total. The number of ether oxygens (including phenoxy) is 2. The summed E-state index contributed by atoms with van der Waals surface area (Å²) in [5.74, 6) is 3.28. The summed E-state index contributed by atoms with van der Waals surface area (Å²) in [7, 11) is 2.02. The van der Waals surface area contributed by atoms with Crippen LogP contribution >= 0.6 is 0 Å². The van der Waals surface area contributed by atoms with Gasteiger partial charge in [-0.05, 0) is 42.7 Å². The molecule has 27 heavy (non-hydrogen) atoms. The second-order valence-corrected chi connectivity index (χ2v) is 7.18. The molecule has 0 fully saturated rings. The highest BCUT2D eigenvalue weighted by Crippen LogP contribution is 2.35. The first kappa shape index (κ1) is 16.2. The van der Waals surface area contributed by atoms with Crippen LogP contribution in [0.5, 0.6) is 11.5 Å². The third kappa shape index (κ3) is 2.81. The molecule has 0 unspecified atom stereocenters. The summed E-state index contributed by atoms with van der Waals surface area (Å²) in [6.45, 7) is 5.12. The Labute approximate surface area is 158 Å². The second kappa shape index (κ2) is 6.30. The van der Waals surface area contributed by atoms with Crippen LogP contribution < -0.4 is 14.4 Å². The molecular formula is C21H22N4O2. The molecule has 138 valence electrons. The smallest absolute Gasteiger partial charge is 0.227 e. The van der Waals surface area contributed by atoms with Gasteiger partial charge in [-0.3, -0.25) is 4.57 Å². The fraction of sp³-hybridized carbons (Fsp3) is 0.333. The number of aryl methyl sites for hydroxylation is 1. The van der Waals surface area contributed by atoms with E-state index in [1.165, 1.54) is 16.7 Å². The van der Waals surface area contributed by atoms with Crippen molar-refractivity contribution in [1.82, 2.24) is 14.8 Å². The molecular weight excluding hydrogens is 340 g/mol. The summed E-state index contributed by atoms with van der Waals surface area (Å²) in [4.78, 5) is 2.30. The topological polar surface area (TPSA) is 52.4 Å². The van der Waals surface area contributed by atoms with E-state index in [1.54, 1.807) is 0 Å². The van der Waals surface area contributed by atoms with Gasteiger partial charge in [0.1, 0.15) is 13.2 Å². The van der Waals surface area contributed by atoms with Crippen LogP contribution in [0.4, 0.5) is 5.95 Å². The van der Waals surface area contributed by atoms with E-state index in [2.05, 4.69) is 44.8 Å². The first-order valence-electron chi connectivity index (χ1n) is 9.32. The number of benzene rings is 2. The van der Waals surface area contributed by atoms with E-state index < -0.39 is 0 Å². The van der Waals surface area contributed by atoms with Crippen LogP contribution in [-0.2, 0) is 20.0 Å². The van der Waals surface area contributed by atoms with Gasteiger partial charge in [0.2, 0.25) is 5.95 Å². The van der Waals surface area contributed by atoms with Crippen molar-refractivity contribution < 1.29 is 9.47 Å². The van der Waals surface area contributed by atoms with Gasteiger partial charge >= 0.3 is 0 Å². The Bertz CT molecular complexity index is 1010. The third-order valence-electron chi connectivity index (χ3n) is 5.31.